The minimum Gasteiger partial charge on any atom is -0.480 e. The van der Waals surface area contributed by atoms with Crippen LogP contribution in [0.15, 0.2) is 4.79 Å². The highest BCUT2D eigenvalue weighted by Gasteiger charge is 2.30. The summed E-state index contributed by atoms with van der Waals surface area (Å²) in [5, 5.41) is 12.4. The van der Waals surface area contributed by atoms with Crippen molar-refractivity contribution in [2.75, 3.05) is 0 Å². The Labute approximate surface area is 148 Å². The Hall–Kier alpha value is -2.22. The summed E-state index contributed by atoms with van der Waals surface area (Å²) in [6.45, 7) is 3.84. The van der Waals surface area contributed by atoms with Gasteiger partial charge in [0.15, 0.2) is 0 Å². The fourth-order valence-corrected chi connectivity index (χ4v) is 3.87. The number of aromatic nitrogens is 2. The summed E-state index contributed by atoms with van der Waals surface area (Å²) in [7, 11) is 0. The van der Waals surface area contributed by atoms with Crippen LogP contribution in [0.1, 0.15) is 41.9 Å². The third kappa shape index (κ3) is 4.07. The smallest absolute Gasteiger partial charge is 0.326 e. The number of hydrogen-bond donors (Lipinski definition) is 3. The number of nitrogens with zero attached hydrogens (tertiary/aromatic N) is 1. The van der Waals surface area contributed by atoms with Gasteiger partial charge in [-0.15, -0.1) is 11.3 Å². The number of carboxylic acid groups (broad SMARTS) is 1. The zero-order chi connectivity index (χ0) is 18.1. The van der Waals surface area contributed by atoms with Crippen molar-refractivity contribution in [1.82, 2.24) is 15.3 Å². The maximum absolute atomic E-state index is 12.2. The molecular weight excluding hydrogens is 342 g/mol. The molecule has 3 N–H and O–H groups in total. The van der Waals surface area contributed by atoms with E-state index in [9.17, 15) is 19.5 Å². The van der Waals surface area contributed by atoms with Crippen molar-refractivity contribution in [2.24, 2.45) is 5.92 Å². The zero-order valence-corrected chi connectivity index (χ0v) is 15.0. The maximum Gasteiger partial charge on any atom is 0.326 e. The number of hydrogen-bond acceptors (Lipinski definition) is 5. The van der Waals surface area contributed by atoms with Gasteiger partial charge >= 0.3 is 5.97 Å². The van der Waals surface area contributed by atoms with Crippen LogP contribution in [0.2, 0.25) is 0 Å². The van der Waals surface area contributed by atoms with Gasteiger partial charge in [-0.25, -0.2) is 9.78 Å². The molecule has 1 saturated carbocycles. The van der Waals surface area contributed by atoms with Crippen molar-refractivity contribution in [3.8, 4) is 0 Å². The average molecular weight is 363 g/mol. The van der Waals surface area contributed by atoms with Crippen molar-refractivity contribution in [3.05, 3.63) is 26.6 Å². The molecule has 0 spiro atoms. The molecule has 2 heterocycles. The number of carbonyl (C=O) groups is 2. The lowest BCUT2D eigenvalue weighted by atomic mass is 10.1. The molecule has 0 radical (unpaired) electrons. The molecule has 0 aliphatic heterocycles. The van der Waals surface area contributed by atoms with Crippen LogP contribution in [0.25, 0.3) is 10.2 Å². The first kappa shape index (κ1) is 17.6. The van der Waals surface area contributed by atoms with Gasteiger partial charge in [-0.1, -0.05) is 12.8 Å². The van der Waals surface area contributed by atoms with E-state index in [-0.39, 0.29) is 24.3 Å². The lowest BCUT2D eigenvalue weighted by Crippen LogP contribution is -2.41. The Kier molecular flexibility index (Phi) is 4.89. The van der Waals surface area contributed by atoms with Gasteiger partial charge in [0.1, 0.15) is 16.7 Å². The number of fused-ring (bicyclic) bond motifs is 1. The van der Waals surface area contributed by atoms with Gasteiger partial charge in [0.05, 0.1) is 5.39 Å². The Bertz CT molecular complexity index is 882. The molecule has 1 aliphatic rings. The van der Waals surface area contributed by atoms with Crippen molar-refractivity contribution in [1.29, 1.82) is 0 Å². The Balaban J connectivity index is 1.64. The quantitative estimate of drug-likeness (QED) is 0.695. The molecule has 3 rings (SSSR count). The summed E-state index contributed by atoms with van der Waals surface area (Å²) in [6, 6.07) is -0.836. The van der Waals surface area contributed by atoms with E-state index in [2.05, 4.69) is 15.3 Å². The highest BCUT2D eigenvalue weighted by atomic mass is 32.1. The molecule has 0 bridgehead atoms. The van der Waals surface area contributed by atoms with Crippen molar-refractivity contribution < 1.29 is 14.7 Å². The van der Waals surface area contributed by atoms with Gasteiger partial charge in [0.2, 0.25) is 5.91 Å². The molecule has 1 aliphatic carbocycles. The number of aromatic amines is 1. The molecule has 0 aromatic carbocycles. The summed E-state index contributed by atoms with van der Waals surface area (Å²) >= 11 is 1.46. The number of nitrogens with one attached hydrogen (secondary N) is 2. The fraction of sp³-hybridized carbons (Fsp3) is 0.529. The SMILES string of the molecule is Cc1sc2nc(CCC(=O)NC(CC3CC3)C(=O)O)[nH]c(=O)c2c1C. The van der Waals surface area contributed by atoms with E-state index in [1.54, 1.807) is 0 Å². The van der Waals surface area contributed by atoms with Gasteiger partial charge in [-0.05, 0) is 31.7 Å². The van der Waals surface area contributed by atoms with E-state index in [1.165, 1.54) is 11.3 Å². The Morgan fingerprint density at radius 1 is 1.40 bits per heavy atom. The second-order valence-electron chi connectivity index (χ2n) is 6.61. The number of rotatable bonds is 7. The van der Waals surface area contributed by atoms with Crippen LogP contribution < -0.4 is 10.9 Å². The first-order valence-corrected chi connectivity index (χ1v) is 9.18. The van der Waals surface area contributed by atoms with Gasteiger partial charge in [-0.3, -0.25) is 9.59 Å². The lowest BCUT2D eigenvalue weighted by Gasteiger charge is -2.13. The van der Waals surface area contributed by atoms with Crippen LogP contribution in [0.4, 0.5) is 0 Å². The van der Waals surface area contributed by atoms with Gasteiger partial charge in [0.25, 0.3) is 5.56 Å². The zero-order valence-electron chi connectivity index (χ0n) is 14.2. The lowest BCUT2D eigenvalue weighted by molar-refractivity contribution is -0.142. The third-order valence-electron chi connectivity index (χ3n) is 4.58. The second-order valence-corrected chi connectivity index (χ2v) is 7.82. The minimum absolute atomic E-state index is 0.0895. The molecular formula is C17H21N3O4S. The predicted octanol–water partition coefficient (Wildman–Crippen LogP) is 1.90. The van der Waals surface area contributed by atoms with E-state index in [0.29, 0.717) is 28.4 Å². The molecule has 1 atom stereocenters. The largest absolute Gasteiger partial charge is 0.480 e. The number of thiophene rings is 1. The summed E-state index contributed by atoms with van der Waals surface area (Å²) in [4.78, 5) is 44.4. The number of aryl methyl sites for hydroxylation is 3. The van der Waals surface area contributed by atoms with Crippen LogP contribution in [-0.4, -0.2) is 33.0 Å². The molecule has 2 aromatic rings. The van der Waals surface area contributed by atoms with Crippen LogP contribution in [0.3, 0.4) is 0 Å². The number of carbonyl (C=O) groups excluding carboxylic acids is 1. The highest BCUT2D eigenvalue weighted by Crippen LogP contribution is 2.33. The average Bonchev–Trinajstić information content (AvgIpc) is 3.30. The molecule has 1 unspecified atom stereocenters. The number of amides is 1. The fourth-order valence-electron chi connectivity index (χ4n) is 2.82. The van der Waals surface area contributed by atoms with Crippen LogP contribution in [-0.2, 0) is 16.0 Å². The monoisotopic (exact) mass is 363 g/mol. The summed E-state index contributed by atoms with van der Waals surface area (Å²) in [5.41, 5.74) is 0.738. The summed E-state index contributed by atoms with van der Waals surface area (Å²) in [6.07, 6.45) is 2.90. The molecule has 2 aromatic heterocycles. The molecule has 134 valence electrons. The molecule has 0 saturated heterocycles. The van der Waals surface area contributed by atoms with Crippen molar-refractivity contribution >= 4 is 33.4 Å². The first-order chi connectivity index (χ1) is 11.8. The van der Waals surface area contributed by atoms with E-state index < -0.39 is 12.0 Å². The second kappa shape index (κ2) is 6.95. The van der Waals surface area contributed by atoms with Gasteiger partial charge in [-0.2, -0.15) is 0 Å². The van der Waals surface area contributed by atoms with Crippen LogP contribution >= 0.6 is 11.3 Å². The first-order valence-electron chi connectivity index (χ1n) is 8.36. The van der Waals surface area contributed by atoms with Crippen molar-refractivity contribution in [3.63, 3.8) is 0 Å². The maximum atomic E-state index is 12.2. The van der Waals surface area contributed by atoms with Crippen LogP contribution in [0, 0.1) is 19.8 Å². The Morgan fingerprint density at radius 2 is 2.12 bits per heavy atom. The summed E-state index contributed by atoms with van der Waals surface area (Å²) < 4.78 is 0. The van der Waals surface area contributed by atoms with Crippen LogP contribution in [0.5, 0.6) is 0 Å². The molecule has 8 heteroatoms. The minimum atomic E-state index is -1.00. The highest BCUT2D eigenvalue weighted by molar-refractivity contribution is 7.18. The van der Waals surface area contributed by atoms with E-state index >= 15 is 0 Å². The van der Waals surface area contributed by atoms with E-state index in [4.69, 9.17) is 0 Å². The molecule has 1 amide bonds. The van der Waals surface area contributed by atoms with E-state index in [0.717, 1.165) is 23.3 Å². The van der Waals surface area contributed by atoms with Gasteiger partial charge < -0.3 is 15.4 Å². The van der Waals surface area contributed by atoms with Crippen molar-refractivity contribution in [2.45, 2.75) is 52.0 Å². The number of carboxylic acids is 1. The number of H-pyrrole nitrogens is 1. The third-order valence-corrected chi connectivity index (χ3v) is 5.68. The molecule has 25 heavy (non-hydrogen) atoms. The predicted molar refractivity (Wildman–Crippen MR) is 94.9 cm³/mol. The standard InChI is InChI=1S/C17H21N3O4S/c1-8-9(2)25-16-14(8)15(22)19-12(20-16)5-6-13(21)18-11(17(23)24)7-10-3-4-10/h10-11H,3-7H2,1-2H3,(H,18,21)(H,23,24)(H,19,20,22). The molecule has 1 fully saturated rings. The van der Waals surface area contributed by atoms with E-state index in [1.807, 2.05) is 13.8 Å². The number of aliphatic carboxylic acids is 1. The molecule has 7 nitrogen and oxygen atoms in total. The Morgan fingerprint density at radius 3 is 2.76 bits per heavy atom. The van der Waals surface area contributed by atoms with Gasteiger partial charge in [0, 0.05) is 17.7 Å². The normalized spacial score (nSPS) is 15.3. The topological polar surface area (TPSA) is 112 Å². The summed E-state index contributed by atoms with van der Waals surface area (Å²) in [5.74, 6) is -0.484.